The summed E-state index contributed by atoms with van der Waals surface area (Å²) in [6, 6.07) is 18.8. The van der Waals surface area contributed by atoms with Crippen molar-refractivity contribution in [3.63, 3.8) is 0 Å². The summed E-state index contributed by atoms with van der Waals surface area (Å²) in [5, 5.41) is 0. The van der Waals surface area contributed by atoms with E-state index in [4.69, 9.17) is 11.6 Å². The number of fused-ring (bicyclic) bond motifs is 1. The molecule has 19 heavy (non-hydrogen) atoms. The monoisotopic (exact) mass is 270 g/mol. The molecule has 0 N–H and O–H groups in total. The maximum Gasteiger partial charge on any atom is 0.125 e. The first-order valence-electron chi connectivity index (χ1n) is 6.38. The van der Waals surface area contributed by atoms with Gasteiger partial charge in [0.15, 0.2) is 0 Å². The van der Waals surface area contributed by atoms with Gasteiger partial charge in [-0.3, -0.25) is 0 Å². The van der Waals surface area contributed by atoms with Gasteiger partial charge in [-0.1, -0.05) is 42.5 Å². The molecule has 2 aromatic carbocycles. The van der Waals surface area contributed by atoms with Crippen LogP contribution >= 0.6 is 11.6 Å². The van der Waals surface area contributed by atoms with Crippen molar-refractivity contribution in [3.8, 4) is 0 Å². The van der Waals surface area contributed by atoms with Crippen LogP contribution in [0, 0.1) is 0 Å². The van der Waals surface area contributed by atoms with E-state index >= 15 is 0 Å². The van der Waals surface area contributed by atoms with Gasteiger partial charge in [0, 0.05) is 0 Å². The molecule has 3 heteroatoms. The molecule has 0 saturated heterocycles. The number of benzene rings is 2. The number of rotatable bonds is 3. The van der Waals surface area contributed by atoms with Gasteiger partial charge in [0.1, 0.15) is 5.82 Å². The van der Waals surface area contributed by atoms with Gasteiger partial charge in [0.05, 0.1) is 23.0 Å². The molecule has 0 aliphatic rings. The highest BCUT2D eigenvalue weighted by atomic mass is 35.5. The smallest absolute Gasteiger partial charge is 0.125 e. The molecule has 0 aliphatic carbocycles. The summed E-state index contributed by atoms with van der Waals surface area (Å²) in [6.07, 6.45) is 0. The standard InChI is InChI=1S/C16H15ClN2/c1-12(13-7-3-2-4-8-13)19-15-10-6-5-9-14(15)18-16(19)11-17/h2-10,12H,11H2,1H3. The normalized spacial score (nSPS) is 12.7. The van der Waals surface area contributed by atoms with Crippen molar-refractivity contribution in [1.82, 2.24) is 9.55 Å². The highest BCUT2D eigenvalue weighted by molar-refractivity contribution is 6.16. The lowest BCUT2D eigenvalue weighted by atomic mass is 10.1. The molecule has 96 valence electrons. The van der Waals surface area contributed by atoms with E-state index in [1.165, 1.54) is 5.56 Å². The van der Waals surface area contributed by atoms with Crippen LogP contribution in [0.4, 0.5) is 0 Å². The molecule has 1 aromatic heterocycles. The van der Waals surface area contributed by atoms with E-state index in [0.29, 0.717) is 5.88 Å². The SMILES string of the molecule is CC(c1ccccc1)n1c(CCl)nc2ccccc21. The largest absolute Gasteiger partial charge is 0.320 e. The fourth-order valence-corrected chi connectivity index (χ4v) is 2.69. The first-order chi connectivity index (χ1) is 9.31. The molecule has 0 saturated carbocycles. The third-order valence-corrected chi connectivity index (χ3v) is 3.70. The lowest BCUT2D eigenvalue weighted by Gasteiger charge is -2.17. The van der Waals surface area contributed by atoms with E-state index < -0.39 is 0 Å². The van der Waals surface area contributed by atoms with Crippen molar-refractivity contribution in [2.24, 2.45) is 0 Å². The lowest BCUT2D eigenvalue weighted by Crippen LogP contribution is -2.09. The van der Waals surface area contributed by atoms with E-state index in [1.54, 1.807) is 0 Å². The Labute approximate surface area is 117 Å². The van der Waals surface area contributed by atoms with Gasteiger partial charge >= 0.3 is 0 Å². The van der Waals surface area contributed by atoms with Gasteiger partial charge in [-0.2, -0.15) is 0 Å². The summed E-state index contributed by atoms with van der Waals surface area (Å²) >= 11 is 6.05. The number of para-hydroxylation sites is 2. The van der Waals surface area contributed by atoms with E-state index in [0.717, 1.165) is 16.9 Å². The van der Waals surface area contributed by atoms with E-state index in [-0.39, 0.29) is 6.04 Å². The zero-order chi connectivity index (χ0) is 13.2. The summed E-state index contributed by atoms with van der Waals surface area (Å²) in [7, 11) is 0. The second-order valence-electron chi connectivity index (χ2n) is 4.61. The Morgan fingerprint density at radius 2 is 1.74 bits per heavy atom. The lowest BCUT2D eigenvalue weighted by molar-refractivity contribution is 0.634. The number of halogens is 1. The van der Waals surface area contributed by atoms with Crippen LogP contribution in [-0.4, -0.2) is 9.55 Å². The van der Waals surface area contributed by atoms with Crippen LogP contribution in [-0.2, 0) is 5.88 Å². The number of nitrogens with zero attached hydrogens (tertiary/aromatic N) is 2. The van der Waals surface area contributed by atoms with Gasteiger partial charge in [-0.25, -0.2) is 4.98 Å². The Morgan fingerprint density at radius 3 is 2.47 bits per heavy atom. The van der Waals surface area contributed by atoms with Crippen molar-refractivity contribution in [2.45, 2.75) is 18.8 Å². The maximum atomic E-state index is 6.05. The van der Waals surface area contributed by atoms with Gasteiger partial charge < -0.3 is 4.57 Å². The fraction of sp³-hybridized carbons (Fsp3) is 0.188. The van der Waals surface area contributed by atoms with Gasteiger partial charge in [-0.05, 0) is 24.6 Å². The average molecular weight is 271 g/mol. The Morgan fingerprint density at radius 1 is 1.05 bits per heavy atom. The van der Waals surface area contributed by atoms with Gasteiger partial charge in [0.2, 0.25) is 0 Å². The predicted octanol–water partition coefficient (Wildman–Crippen LogP) is 4.38. The minimum absolute atomic E-state index is 0.224. The Bertz CT molecular complexity index is 688. The summed E-state index contributed by atoms with van der Waals surface area (Å²) in [4.78, 5) is 4.61. The molecular weight excluding hydrogens is 256 g/mol. The first-order valence-corrected chi connectivity index (χ1v) is 6.91. The van der Waals surface area contributed by atoms with Crippen LogP contribution in [0.2, 0.25) is 0 Å². The van der Waals surface area contributed by atoms with E-state index in [2.05, 4.69) is 46.8 Å². The third-order valence-electron chi connectivity index (χ3n) is 3.46. The van der Waals surface area contributed by atoms with Crippen molar-refractivity contribution in [2.75, 3.05) is 0 Å². The molecule has 1 unspecified atom stereocenters. The highest BCUT2D eigenvalue weighted by Gasteiger charge is 2.15. The Hall–Kier alpha value is -1.80. The number of aromatic nitrogens is 2. The zero-order valence-corrected chi connectivity index (χ0v) is 11.5. The number of hydrogen-bond acceptors (Lipinski definition) is 1. The molecule has 0 amide bonds. The minimum Gasteiger partial charge on any atom is -0.320 e. The zero-order valence-electron chi connectivity index (χ0n) is 10.8. The first kappa shape index (κ1) is 12.2. The molecule has 0 spiro atoms. The fourth-order valence-electron chi connectivity index (χ4n) is 2.50. The second-order valence-corrected chi connectivity index (χ2v) is 4.87. The molecule has 0 fully saturated rings. The summed E-state index contributed by atoms with van der Waals surface area (Å²) < 4.78 is 2.22. The summed E-state index contributed by atoms with van der Waals surface area (Å²) in [6.45, 7) is 2.18. The van der Waals surface area contributed by atoms with Gasteiger partial charge in [0.25, 0.3) is 0 Å². The van der Waals surface area contributed by atoms with Crippen molar-refractivity contribution in [3.05, 3.63) is 66.0 Å². The van der Waals surface area contributed by atoms with Crippen LogP contribution in [0.15, 0.2) is 54.6 Å². The molecule has 0 aliphatic heterocycles. The summed E-state index contributed by atoms with van der Waals surface area (Å²) in [5.74, 6) is 1.34. The maximum absolute atomic E-state index is 6.05. The van der Waals surface area contributed by atoms with E-state index in [1.807, 2.05) is 24.3 Å². The predicted molar refractivity (Wildman–Crippen MR) is 79.5 cm³/mol. The minimum atomic E-state index is 0.224. The Kier molecular flexibility index (Phi) is 3.26. The molecule has 2 nitrogen and oxygen atoms in total. The van der Waals surface area contributed by atoms with Crippen molar-refractivity contribution in [1.29, 1.82) is 0 Å². The van der Waals surface area contributed by atoms with Crippen molar-refractivity contribution < 1.29 is 0 Å². The average Bonchev–Trinajstić information content (AvgIpc) is 2.86. The molecule has 0 radical (unpaired) electrons. The topological polar surface area (TPSA) is 17.8 Å². The summed E-state index contributed by atoms with van der Waals surface area (Å²) in [5.41, 5.74) is 3.40. The highest BCUT2D eigenvalue weighted by Crippen LogP contribution is 2.26. The second kappa shape index (κ2) is 5.06. The molecule has 3 rings (SSSR count). The van der Waals surface area contributed by atoms with Crippen LogP contribution in [0.1, 0.15) is 24.4 Å². The van der Waals surface area contributed by atoms with Crippen molar-refractivity contribution >= 4 is 22.6 Å². The van der Waals surface area contributed by atoms with E-state index in [9.17, 15) is 0 Å². The molecular formula is C16H15ClN2. The van der Waals surface area contributed by atoms with Crippen LogP contribution in [0.3, 0.4) is 0 Å². The number of imidazole rings is 1. The van der Waals surface area contributed by atoms with Crippen LogP contribution in [0.25, 0.3) is 11.0 Å². The molecule has 3 aromatic rings. The molecule has 1 heterocycles. The van der Waals surface area contributed by atoms with Crippen LogP contribution in [0.5, 0.6) is 0 Å². The molecule has 0 bridgehead atoms. The quantitative estimate of drug-likeness (QED) is 0.646. The number of alkyl halides is 1. The Balaban J connectivity index is 2.18. The third kappa shape index (κ3) is 2.13. The number of hydrogen-bond donors (Lipinski definition) is 0. The van der Waals surface area contributed by atoms with Crippen LogP contribution < -0.4 is 0 Å². The molecule has 1 atom stereocenters. The van der Waals surface area contributed by atoms with Gasteiger partial charge in [-0.15, -0.1) is 11.6 Å².